The molecule has 9 heteroatoms. The Labute approximate surface area is 165 Å². The van der Waals surface area contributed by atoms with Crippen molar-refractivity contribution in [2.45, 2.75) is 4.90 Å². The summed E-state index contributed by atoms with van der Waals surface area (Å²) in [6.45, 7) is 0. The van der Waals surface area contributed by atoms with E-state index in [4.69, 9.17) is 11.6 Å². The van der Waals surface area contributed by atoms with E-state index in [0.717, 1.165) is 12.1 Å². The van der Waals surface area contributed by atoms with Gasteiger partial charge in [-0.15, -0.1) is 0 Å². The monoisotopic (exact) mass is 422 g/mol. The lowest BCUT2D eigenvalue weighted by molar-refractivity contribution is 0.102. The first kappa shape index (κ1) is 19.8. The molecule has 0 saturated carbocycles. The van der Waals surface area contributed by atoms with Crippen LogP contribution in [0.15, 0.2) is 71.6 Å². The number of benzene rings is 3. The number of sulfonamides is 1. The summed E-state index contributed by atoms with van der Waals surface area (Å²) in [5.41, 5.74) is 0.560. The predicted octanol–water partition coefficient (Wildman–Crippen LogP) is 4.67. The van der Waals surface area contributed by atoms with Gasteiger partial charge in [-0.05, 0) is 60.7 Å². The Hall–Kier alpha value is -2.97. The largest absolute Gasteiger partial charge is 0.322 e. The third-order valence-electron chi connectivity index (χ3n) is 3.70. The van der Waals surface area contributed by atoms with Crippen LogP contribution >= 0.6 is 11.6 Å². The Morgan fingerprint density at radius 1 is 0.821 bits per heavy atom. The minimum atomic E-state index is -3.85. The van der Waals surface area contributed by atoms with Gasteiger partial charge in [0.1, 0.15) is 0 Å². The van der Waals surface area contributed by atoms with E-state index in [2.05, 4.69) is 10.0 Å². The number of carbonyl (C=O) groups is 1. The van der Waals surface area contributed by atoms with Crippen LogP contribution in [0.2, 0.25) is 5.02 Å². The van der Waals surface area contributed by atoms with Crippen LogP contribution in [0.1, 0.15) is 10.4 Å². The number of halogens is 3. The van der Waals surface area contributed by atoms with Crippen LogP contribution in [0.4, 0.5) is 20.2 Å². The van der Waals surface area contributed by atoms with Crippen LogP contribution in [0.5, 0.6) is 0 Å². The van der Waals surface area contributed by atoms with E-state index in [1.807, 2.05) is 0 Å². The van der Waals surface area contributed by atoms with Gasteiger partial charge < -0.3 is 5.32 Å². The fraction of sp³-hybridized carbons (Fsp3) is 0. The summed E-state index contributed by atoms with van der Waals surface area (Å²) in [5.74, 6) is -2.71. The van der Waals surface area contributed by atoms with Gasteiger partial charge in [0.15, 0.2) is 11.6 Å². The molecule has 3 rings (SSSR count). The molecule has 3 aromatic rings. The molecule has 1 amide bonds. The lowest BCUT2D eigenvalue weighted by Crippen LogP contribution is -2.15. The van der Waals surface area contributed by atoms with E-state index < -0.39 is 27.6 Å². The zero-order valence-electron chi connectivity index (χ0n) is 14.1. The second kappa shape index (κ2) is 7.95. The highest BCUT2D eigenvalue weighted by Crippen LogP contribution is 2.19. The number of hydrogen-bond donors (Lipinski definition) is 2. The molecular formula is C19H13ClF2N2O3S. The normalized spacial score (nSPS) is 11.1. The van der Waals surface area contributed by atoms with Crippen LogP contribution in [0, 0.1) is 11.6 Å². The zero-order valence-corrected chi connectivity index (χ0v) is 15.7. The standard InChI is InChI=1S/C19H13ClF2N2O3S/c20-13-3-5-14(6-4-13)24-28(26,27)16-8-1-12(2-9-16)19(25)23-15-7-10-17(21)18(22)11-15/h1-11,24H,(H,23,25). The lowest BCUT2D eigenvalue weighted by Gasteiger charge is -2.09. The number of hydrogen-bond acceptors (Lipinski definition) is 3. The van der Waals surface area contributed by atoms with Crippen LogP contribution < -0.4 is 10.0 Å². The molecule has 0 heterocycles. The fourth-order valence-corrected chi connectivity index (χ4v) is 3.48. The minimum Gasteiger partial charge on any atom is -0.322 e. The first-order valence-electron chi connectivity index (χ1n) is 7.89. The Morgan fingerprint density at radius 2 is 1.43 bits per heavy atom. The van der Waals surface area contributed by atoms with Gasteiger partial charge in [0, 0.05) is 28.0 Å². The van der Waals surface area contributed by atoms with Gasteiger partial charge >= 0.3 is 0 Å². The summed E-state index contributed by atoms with van der Waals surface area (Å²) in [5, 5.41) is 2.88. The average Bonchev–Trinajstić information content (AvgIpc) is 2.66. The lowest BCUT2D eigenvalue weighted by atomic mass is 10.2. The molecule has 2 N–H and O–H groups in total. The summed E-state index contributed by atoms with van der Waals surface area (Å²) in [6.07, 6.45) is 0. The first-order chi connectivity index (χ1) is 13.2. The summed E-state index contributed by atoms with van der Waals surface area (Å²) in [6, 6.07) is 14.2. The topological polar surface area (TPSA) is 75.3 Å². The molecule has 0 unspecified atom stereocenters. The maximum absolute atomic E-state index is 13.2. The summed E-state index contributed by atoms with van der Waals surface area (Å²) < 4.78 is 53.4. The van der Waals surface area contributed by atoms with Gasteiger partial charge in [0.25, 0.3) is 15.9 Å². The van der Waals surface area contributed by atoms with Crippen molar-refractivity contribution >= 4 is 38.9 Å². The third-order valence-corrected chi connectivity index (χ3v) is 5.35. The average molecular weight is 423 g/mol. The Morgan fingerprint density at radius 3 is 2.04 bits per heavy atom. The molecule has 28 heavy (non-hydrogen) atoms. The fourth-order valence-electron chi connectivity index (χ4n) is 2.29. The van der Waals surface area contributed by atoms with Crippen molar-refractivity contribution in [2.75, 3.05) is 10.0 Å². The van der Waals surface area contributed by atoms with Gasteiger partial charge in [0.05, 0.1) is 4.90 Å². The van der Waals surface area contributed by atoms with Gasteiger partial charge in [-0.2, -0.15) is 0 Å². The second-order valence-corrected chi connectivity index (χ2v) is 7.84. The Balaban J connectivity index is 1.73. The van der Waals surface area contributed by atoms with Gasteiger partial charge in [-0.3, -0.25) is 9.52 Å². The molecule has 0 aromatic heterocycles. The van der Waals surface area contributed by atoms with E-state index >= 15 is 0 Å². The zero-order chi connectivity index (χ0) is 20.3. The van der Waals surface area contributed by atoms with Crippen molar-refractivity contribution in [2.24, 2.45) is 0 Å². The molecule has 5 nitrogen and oxygen atoms in total. The molecule has 0 aliphatic carbocycles. The van der Waals surface area contributed by atoms with E-state index in [1.165, 1.54) is 42.5 Å². The van der Waals surface area contributed by atoms with Crippen molar-refractivity contribution in [3.8, 4) is 0 Å². The number of nitrogens with one attached hydrogen (secondary N) is 2. The number of anilines is 2. The Kier molecular flexibility index (Phi) is 5.62. The van der Waals surface area contributed by atoms with Crippen LogP contribution in [0.25, 0.3) is 0 Å². The molecule has 0 bridgehead atoms. The van der Waals surface area contributed by atoms with Crippen molar-refractivity contribution in [3.05, 3.63) is 89.0 Å². The van der Waals surface area contributed by atoms with Gasteiger partial charge in [-0.1, -0.05) is 11.6 Å². The van der Waals surface area contributed by atoms with Crippen LogP contribution in [0.3, 0.4) is 0 Å². The van der Waals surface area contributed by atoms with E-state index in [0.29, 0.717) is 10.7 Å². The minimum absolute atomic E-state index is 0.0492. The highest BCUT2D eigenvalue weighted by atomic mass is 35.5. The SMILES string of the molecule is O=C(Nc1ccc(F)c(F)c1)c1ccc(S(=O)(=O)Nc2ccc(Cl)cc2)cc1. The van der Waals surface area contributed by atoms with E-state index in [-0.39, 0.29) is 16.1 Å². The number of rotatable bonds is 5. The molecular weight excluding hydrogens is 410 g/mol. The molecule has 0 spiro atoms. The maximum Gasteiger partial charge on any atom is 0.261 e. The molecule has 0 fully saturated rings. The van der Waals surface area contributed by atoms with E-state index in [9.17, 15) is 22.0 Å². The summed E-state index contributed by atoms with van der Waals surface area (Å²) in [7, 11) is -3.85. The number of carbonyl (C=O) groups excluding carboxylic acids is 1. The van der Waals surface area contributed by atoms with Crippen LogP contribution in [-0.4, -0.2) is 14.3 Å². The highest BCUT2D eigenvalue weighted by molar-refractivity contribution is 7.92. The third kappa shape index (κ3) is 4.65. The molecule has 0 atom stereocenters. The highest BCUT2D eigenvalue weighted by Gasteiger charge is 2.15. The molecule has 144 valence electrons. The summed E-state index contributed by atoms with van der Waals surface area (Å²) >= 11 is 5.77. The van der Waals surface area contributed by atoms with Crippen molar-refractivity contribution in [3.63, 3.8) is 0 Å². The quantitative estimate of drug-likeness (QED) is 0.627. The molecule has 0 aliphatic heterocycles. The van der Waals surface area contributed by atoms with Crippen molar-refractivity contribution < 1.29 is 22.0 Å². The molecule has 0 radical (unpaired) electrons. The van der Waals surface area contributed by atoms with Crippen LogP contribution in [-0.2, 0) is 10.0 Å². The number of amides is 1. The van der Waals surface area contributed by atoms with Crippen molar-refractivity contribution in [1.29, 1.82) is 0 Å². The maximum atomic E-state index is 13.2. The Bertz CT molecular complexity index is 1120. The van der Waals surface area contributed by atoms with Gasteiger partial charge in [-0.25, -0.2) is 17.2 Å². The van der Waals surface area contributed by atoms with Crippen molar-refractivity contribution in [1.82, 2.24) is 0 Å². The smallest absolute Gasteiger partial charge is 0.261 e. The first-order valence-corrected chi connectivity index (χ1v) is 9.75. The molecule has 0 aliphatic rings. The summed E-state index contributed by atoms with van der Waals surface area (Å²) in [4.78, 5) is 12.1. The van der Waals surface area contributed by atoms with Gasteiger partial charge in [0.2, 0.25) is 0 Å². The van der Waals surface area contributed by atoms with E-state index in [1.54, 1.807) is 12.1 Å². The molecule has 3 aromatic carbocycles. The predicted molar refractivity (Wildman–Crippen MR) is 103 cm³/mol. The molecule has 0 saturated heterocycles. The second-order valence-electron chi connectivity index (χ2n) is 5.72.